The zero-order chi connectivity index (χ0) is 12.8. The van der Waals surface area contributed by atoms with Crippen LogP contribution in [-0.2, 0) is 6.54 Å². The number of aromatic hydroxyl groups is 1. The highest BCUT2D eigenvalue weighted by Crippen LogP contribution is 2.09. The van der Waals surface area contributed by atoms with Crippen molar-refractivity contribution < 1.29 is 5.11 Å². The van der Waals surface area contributed by atoms with Gasteiger partial charge < -0.3 is 15.8 Å². The quantitative estimate of drug-likeness (QED) is 0.612. The number of benzene rings is 2. The van der Waals surface area contributed by atoms with E-state index in [1.165, 1.54) is 10.9 Å². The molecule has 18 heavy (non-hydrogen) atoms. The van der Waals surface area contributed by atoms with Crippen molar-refractivity contribution in [2.75, 3.05) is 0 Å². The maximum absolute atomic E-state index is 8.89. The molecule has 2 aromatic carbocycles. The Morgan fingerprint density at radius 2 is 1.83 bits per heavy atom. The van der Waals surface area contributed by atoms with Crippen LogP contribution in [0.3, 0.4) is 0 Å². The van der Waals surface area contributed by atoms with Gasteiger partial charge in [0.25, 0.3) is 0 Å². The number of nitrogens with one attached hydrogen (secondary N) is 1. The number of para-hydroxylation sites is 1. The zero-order valence-electron chi connectivity index (χ0n) is 10.0. The van der Waals surface area contributed by atoms with Gasteiger partial charge in [-0.1, -0.05) is 30.3 Å². The van der Waals surface area contributed by atoms with Crippen molar-refractivity contribution in [2.45, 2.75) is 6.54 Å². The number of hydrogen-bond acceptors (Lipinski definition) is 2. The van der Waals surface area contributed by atoms with Crippen molar-refractivity contribution >= 4 is 10.9 Å². The summed E-state index contributed by atoms with van der Waals surface area (Å²) in [7, 11) is 0. The van der Waals surface area contributed by atoms with Crippen LogP contribution >= 0.6 is 0 Å². The van der Waals surface area contributed by atoms with Gasteiger partial charge in [-0.25, -0.2) is 0 Å². The van der Waals surface area contributed by atoms with E-state index in [-0.39, 0.29) is 5.75 Å². The summed E-state index contributed by atoms with van der Waals surface area (Å²) in [4.78, 5) is 3.12. The third kappa shape index (κ3) is 3.12. The molecule has 3 nitrogen and oxygen atoms in total. The Labute approximate surface area is 106 Å². The van der Waals surface area contributed by atoms with E-state index in [9.17, 15) is 0 Å². The second kappa shape index (κ2) is 5.89. The first-order valence-electron chi connectivity index (χ1n) is 5.79. The second-order valence-corrected chi connectivity index (χ2v) is 3.94. The molecule has 0 fully saturated rings. The fourth-order valence-corrected chi connectivity index (χ4v) is 1.68. The molecule has 1 heterocycles. The third-order valence-corrected chi connectivity index (χ3v) is 2.61. The number of aromatic nitrogens is 1. The highest BCUT2D eigenvalue weighted by molar-refractivity contribution is 5.78. The first-order valence-corrected chi connectivity index (χ1v) is 5.79. The van der Waals surface area contributed by atoms with Crippen molar-refractivity contribution in [2.24, 2.45) is 5.73 Å². The monoisotopic (exact) mass is 240 g/mol. The molecule has 0 saturated heterocycles. The predicted octanol–water partition coefficient (Wildman–Crippen LogP) is 3.02. The van der Waals surface area contributed by atoms with Crippen molar-refractivity contribution in [1.82, 2.24) is 4.98 Å². The van der Waals surface area contributed by atoms with Gasteiger partial charge in [0.1, 0.15) is 5.75 Å². The average molecular weight is 240 g/mol. The lowest BCUT2D eigenvalue weighted by molar-refractivity contribution is 0.474. The molecule has 0 atom stereocenters. The van der Waals surface area contributed by atoms with Crippen molar-refractivity contribution in [3.05, 3.63) is 66.4 Å². The summed E-state index contributed by atoms with van der Waals surface area (Å²) < 4.78 is 0. The largest absolute Gasteiger partial charge is 0.508 e. The Hall–Kier alpha value is -2.26. The van der Waals surface area contributed by atoms with Crippen LogP contribution < -0.4 is 5.73 Å². The maximum atomic E-state index is 8.89. The zero-order valence-corrected chi connectivity index (χ0v) is 10.0. The van der Waals surface area contributed by atoms with Gasteiger partial charge in [0, 0.05) is 18.3 Å². The summed E-state index contributed by atoms with van der Waals surface area (Å²) in [6.45, 7) is 0.481. The number of fused-ring (bicyclic) bond motifs is 1. The SMILES string of the molecule is NCc1cccc(O)c1.c1ccc2[nH]ccc2c1. The molecule has 1 aromatic heterocycles. The van der Waals surface area contributed by atoms with Crippen LogP contribution in [0.1, 0.15) is 5.56 Å². The molecule has 0 aliphatic rings. The van der Waals surface area contributed by atoms with Crippen LogP contribution in [-0.4, -0.2) is 10.1 Å². The highest BCUT2D eigenvalue weighted by Gasteiger charge is 1.88. The molecule has 0 radical (unpaired) electrons. The summed E-state index contributed by atoms with van der Waals surface area (Å²) in [5.74, 6) is 0.276. The van der Waals surface area contributed by atoms with Gasteiger partial charge >= 0.3 is 0 Å². The molecule has 3 aromatic rings. The van der Waals surface area contributed by atoms with E-state index in [0.29, 0.717) is 6.54 Å². The Kier molecular flexibility index (Phi) is 3.99. The van der Waals surface area contributed by atoms with Crippen LogP contribution in [0.2, 0.25) is 0 Å². The number of phenols is 1. The summed E-state index contributed by atoms with van der Waals surface area (Å²) in [5.41, 5.74) is 7.47. The number of aromatic amines is 1. The van der Waals surface area contributed by atoms with Crippen molar-refractivity contribution in [3.8, 4) is 5.75 Å². The van der Waals surface area contributed by atoms with Crippen molar-refractivity contribution in [3.63, 3.8) is 0 Å². The van der Waals surface area contributed by atoms with E-state index in [1.807, 2.05) is 24.4 Å². The lowest BCUT2D eigenvalue weighted by Crippen LogP contribution is -1.94. The Balaban J connectivity index is 0.000000134. The van der Waals surface area contributed by atoms with Gasteiger partial charge in [-0.2, -0.15) is 0 Å². The molecular formula is C15H16N2O. The molecule has 0 saturated carbocycles. The van der Waals surface area contributed by atoms with E-state index in [1.54, 1.807) is 18.2 Å². The number of rotatable bonds is 1. The molecular weight excluding hydrogens is 224 g/mol. The maximum Gasteiger partial charge on any atom is 0.115 e. The van der Waals surface area contributed by atoms with E-state index in [4.69, 9.17) is 10.8 Å². The standard InChI is InChI=1S/C8H7N.C7H9NO/c1-2-4-8-7(3-1)5-6-9-8;8-5-6-2-1-3-7(9)4-6/h1-6,9H;1-4,9H,5,8H2. The van der Waals surface area contributed by atoms with Crippen LogP contribution in [0, 0.1) is 0 Å². The minimum absolute atomic E-state index is 0.276. The highest BCUT2D eigenvalue weighted by atomic mass is 16.3. The Morgan fingerprint density at radius 1 is 1.00 bits per heavy atom. The molecule has 0 bridgehead atoms. The molecule has 3 heteroatoms. The smallest absolute Gasteiger partial charge is 0.115 e. The molecule has 0 amide bonds. The normalized spacial score (nSPS) is 9.83. The Morgan fingerprint density at radius 3 is 2.50 bits per heavy atom. The third-order valence-electron chi connectivity index (χ3n) is 2.61. The number of nitrogens with two attached hydrogens (primary N) is 1. The average Bonchev–Trinajstić information content (AvgIpc) is 2.87. The lowest BCUT2D eigenvalue weighted by Gasteiger charge is -1.94. The lowest BCUT2D eigenvalue weighted by atomic mass is 10.2. The van der Waals surface area contributed by atoms with Crippen LogP contribution in [0.25, 0.3) is 10.9 Å². The first kappa shape index (κ1) is 12.2. The van der Waals surface area contributed by atoms with Crippen LogP contribution in [0.15, 0.2) is 60.8 Å². The van der Waals surface area contributed by atoms with Crippen LogP contribution in [0.5, 0.6) is 5.75 Å². The van der Waals surface area contributed by atoms with Gasteiger partial charge in [0.05, 0.1) is 0 Å². The van der Waals surface area contributed by atoms with E-state index in [2.05, 4.69) is 23.2 Å². The second-order valence-electron chi connectivity index (χ2n) is 3.94. The minimum Gasteiger partial charge on any atom is -0.508 e. The van der Waals surface area contributed by atoms with Crippen molar-refractivity contribution in [1.29, 1.82) is 0 Å². The molecule has 92 valence electrons. The van der Waals surface area contributed by atoms with E-state index < -0.39 is 0 Å². The summed E-state index contributed by atoms with van der Waals surface area (Å²) in [6, 6.07) is 17.2. The van der Waals surface area contributed by atoms with Gasteiger partial charge in [-0.15, -0.1) is 0 Å². The first-order chi connectivity index (χ1) is 8.79. The number of H-pyrrole nitrogens is 1. The fraction of sp³-hybridized carbons (Fsp3) is 0.0667. The van der Waals surface area contributed by atoms with Gasteiger partial charge in [-0.05, 0) is 35.2 Å². The topological polar surface area (TPSA) is 62.0 Å². The van der Waals surface area contributed by atoms with Crippen LogP contribution in [0.4, 0.5) is 0 Å². The predicted molar refractivity (Wildman–Crippen MR) is 74.3 cm³/mol. The number of phenolic OH excluding ortho intramolecular Hbond substituents is 1. The minimum atomic E-state index is 0.276. The molecule has 0 spiro atoms. The van der Waals surface area contributed by atoms with E-state index in [0.717, 1.165) is 5.56 Å². The molecule has 0 aliphatic carbocycles. The summed E-state index contributed by atoms with van der Waals surface area (Å²) in [5, 5.41) is 10.2. The summed E-state index contributed by atoms with van der Waals surface area (Å²) >= 11 is 0. The molecule has 4 N–H and O–H groups in total. The fourth-order valence-electron chi connectivity index (χ4n) is 1.68. The van der Waals surface area contributed by atoms with Gasteiger partial charge in [0.15, 0.2) is 0 Å². The summed E-state index contributed by atoms with van der Waals surface area (Å²) in [6.07, 6.45) is 1.95. The molecule has 3 rings (SSSR count). The van der Waals surface area contributed by atoms with Gasteiger partial charge in [-0.3, -0.25) is 0 Å². The van der Waals surface area contributed by atoms with Gasteiger partial charge in [0.2, 0.25) is 0 Å². The molecule has 0 aliphatic heterocycles. The Bertz CT molecular complexity index is 586. The van der Waals surface area contributed by atoms with E-state index >= 15 is 0 Å². The number of hydrogen-bond donors (Lipinski definition) is 3. The molecule has 0 unspecified atom stereocenters.